The third-order valence-electron chi connectivity index (χ3n) is 8.97. The van der Waals surface area contributed by atoms with Crippen LogP contribution in [0.3, 0.4) is 0 Å². The molecular weight excluding hydrogens is 732 g/mol. The lowest BCUT2D eigenvalue weighted by Gasteiger charge is -2.30. The van der Waals surface area contributed by atoms with Crippen molar-refractivity contribution in [1.29, 1.82) is 0 Å². The van der Waals surface area contributed by atoms with E-state index in [2.05, 4.69) is 15.9 Å². The van der Waals surface area contributed by atoms with Crippen molar-refractivity contribution >= 4 is 45.6 Å². The Balaban J connectivity index is 1.65. The number of hydrogen-bond acceptors (Lipinski definition) is 12. The van der Waals surface area contributed by atoms with Gasteiger partial charge in [-0.25, -0.2) is 19.2 Å². The molecule has 0 fully saturated rings. The number of esters is 3. The van der Waals surface area contributed by atoms with Crippen LogP contribution in [0.1, 0.15) is 76.9 Å². The normalized spacial score (nSPS) is 15.5. The average Bonchev–Trinajstić information content (AvgIpc) is 3.04. The van der Waals surface area contributed by atoms with Gasteiger partial charge in [0.2, 0.25) is 5.60 Å². The molecule has 0 heterocycles. The molecule has 0 aromatic heterocycles. The van der Waals surface area contributed by atoms with E-state index in [1.165, 1.54) is 53.9 Å². The number of carbonyl (C=O) groups excluding carboxylic acids is 4. The number of methoxy groups -OCH3 is 1. The van der Waals surface area contributed by atoms with Crippen molar-refractivity contribution in [3.05, 3.63) is 95.7 Å². The highest BCUT2D eigenvalue weighted by atomic mass is 79.9. The summed E-state index contributed by atoms with van der Waals surface area (Å²) in [5, 5.41) is 42.9. The van der Waals surface area contributed by atoms with Crippen molar-refractivity contribution in [2.75, 3.05) is 7.11 Å². The molecule has 0 saturated carbocycles. The van der Waals surface area contributed by atoms with Gasteiger partial charge in [0.1, 0.15) is 44.4 Å². The van der Waals surface area contributed by atoms with Crippen molar-refractivity contribution in [3.63, 3.8) is 0 Å². The minimum Gasteiger partial charge on any atom is -0.507 e. The second-order valence-corrected chi connectivity index (χ2v) is 12.9. The number of aromatic hydroxyl groups is 2. The number of carboxylic acids is 1. The number of allylic oxidation sites excluding steroid dienone is 2. The van der Waals surface area contributed by atoms with Crippen molar-refractivity contribution in [2.45, 2.75) is 61.0 Å². The lowest BCUT2D eigenvalue weighted by Crippen LogP contribution is -2.47. The van der Waals surface area contributed by atoms with Crippen LogP contribution in [0.4, 0.5) is 0 Å². The SMILES string of the molecule is COC1=CC(=O)C=C(C)[C@]1(O)C(=O)Oc1c(C)c(C)c(C(=O)Oc2cc(C)c(C(=O)Oc3cc(C)c(C(=O)O)c(C)c3C)c(O)c2C)c(O)c1Br. The maximum atomic E-state index is 13.5. The smallest absolute Gasteiger partial charge is 0.356 e. The lowest BCUT2D eigenvalue weighted by molar-refractivity contribution is -0.151. The van der Waals surface area contributed by atoms with Crippen LogP contribution in [0.2, 0.25) is 0 Å². The lowest BCUT2D eigenvalue weighted by atomic mass is 9.87. The van der Waals surface area contributed by atoms with Gasteiger partial charge in [-0.3, -0.25) is 4.79 Å². The fraction of sp³-hybridized carbons (Fsp3) is 0.270. The average molecular weight is 768 g/mol. The third kappa shape index (κ3) is 6.59. The Morgan fingerprint density at radius 1 is 0.686 bits per heavy atom. The van der Waals surface area contributed by atoms with E-state index in [1.54, 1.807) is 20.8 Å². The number of phenols is 2. The van der Waals surface area contributed by atoms with E-state index >= 15 is 0 Å². The molecule has 268 valence electrons. The van der Waals surface area contributed by atoms with Gasteiger partial charge in [0.15, 0.2) is 11.5 Å². The Bertz CT molecular complexity index is 2110. The van der Waals surface area contributed by atoms with E-state index in [0.717, 1.165) is 12.2 Å². The highest BCUT2D eigenvalue weighted by Crippen LogP contribution is 2.44. The van der Waals surface area contributed by atoms with Gasteiger partial charge in [0.25, 0.3) is 0 Å². The summed E-state index contributed by atoms with van der Waals surface area (Å²) in [6, 6.07) is 2.75. The van der Waals surface area contributed by atoms with Crippen LogP contribution >= 0.6 is 15.9 Å². The second kappa shape index (κ2) is 14.0. The molecule has 1 aliphatic rings. The van der Waals surface area contributed by atoms with Crippen LogP contribution in [0, 0.1) is 48.5 Å². The number of aryl methyl sites for hydroxylation is 2. The molecule has 3 aromatic carbocycles. The Morgan fingerprint density at radius 3 is 1.75 bits per heavy atom. The third-order valence-corrected chi connectivity index (χ3v) is 9.71. The molecule has 0 amide bonds. The predicted octanol–water partition coefficient (Wildman–Crippen LogP) is 5.85. The summed E-state index contributed by atoms with van der Waals surface area (Å²) in [6.07, 6.45) is 1.99. The number of carboxylic acid groups (broad SMARTS) is 1. The monoisotopic (exact) mass is 766 g/mol. The molecule has 13 nitrogen and oxygen atoms in total. The molecule has 4 N–H and O–H groups in total. The van der Waals surface area contributed by atoms with Gasteiger partial charge in [0.05, 0.1) is 12.7 Å². The zero-order valence-electron chi connectivity index (χ0n) is 29.2. The number of ether oxygens (including phenoxy) is 4. The minimum atomic E-state index is -2.45. The first-order valence-electron chi connectivity index (χ1n) is 15.3. The van der Waals surface area contributed by atoms with Gasteiger partial charge in [-0.15, -0.1) is 0 Å². The molecule has 0 bridgehead atoms. The fourth-order valence-corrected chi connectivity index (χ4v) is 6.30. The highest BCUT2D eigenvalue weighted by Gasteiger charge is 2.48. The summed E-state index contributed by atoms with van der Waals surface area (Å²) in [5.74, 6) is -6.69. The van der Waals surface area contributed by atoms with Gasteiger partial charge in [0, 0.05) is 11.6 Å². The van der Waals surface area contributed by atoms with E-state index < -0.39 is 46.8 Å². The molecule has 0 unspecified atom stereocenters. The van der Waals surface area contributed by atoms with Gasteiger partial charge in [-0.05, 0) is 128 Å². The van der Waals surface area contributed by atoms with Gasteiger partial charge < -0.3 is 39.4 Å². The number of halogens is 1. The minimum absolute atomic E-state index is 0.00526. The topological polar surface area (TPSA) is 203 Å². The predicted molar refractivity (Wildman–Crippen MR) is 185 cm³/mol. The van der Waals surface area contributed by atoms with Crippen LogP contribution in [-0.4, -0.2) is 62.8 Å². The molecule has 51 heavy (non-hydrogen) atoms. The number of phenolic OH excluding ortho intramolecular Hbond substituents is 2. The van der Waals surface area contributed by atoms with E-state index in [9.17, 15) is 44.4 Å². The number of hydrogen-bond donors (Lipinski definition) is 4. The molecule has 1 atom stereocenters. The number of aliphatic hydroxyl groups is 1. The van der Waals surface area contributed by atoms with E-state index in [1.807, 2.05) is 0 Å². The van der Waals surface area contributed by atoms with Crippen LogP contribution < -0.4 is 14.2 Å². The van der Waals surface area contributed by atoms with Gasteiger partial charge >= 0.3 is 23.9 Å². The summed E-state index contributed by atoms with van der Waals surface area (Å²) >= 11 is 3.16. The van der Waals surface area contributed by atoms with Crippen molar-refractivity contribution in [2.24, 2.45) is 0 Å². The summed E-state index contributed by atoms with van der Waals surface area (Å²) < 4.78 is 21.5. The maximum absolute atomic E-state index is 13.5. The maximum Gasteiger partial charge on any atom is 0.356 e. The Labute approximate surface area is 300 Å². The number of ketones is 1. The molecule has 0 spiro atoms. The Morgan fingerprint density at radius 2 is 1.20 bits per heavy atom. The first-order valence-corrected chi connectivity index (χ1v) is 16.0. The number of rotatable bonds is 8. The van der Waals surface area contributed by atoms with Crippen LogP contribution in [-0.2, 0) is 14.3 Å². The number of carbonyl (C=O) groups is 5. The highest BCUT2D eigenvalue weighted by molar-refractivity contribution is 9.10. The fourth-order valence-electron chi connectivity index (χ4n) is 5.72. The Kier molecular flexibility index (Phi) is 10.6. The van der Waals surface area contributed by atoms with E-state index in [4.69, 9.17) is 18.9 Å². The molecule has 3 aromatic rings. The van der Waals surface area contributed by atoms with Crippen LogP contribution in [0.15, 0.2) is 40.1 Å². The first-order chi connectivity index (χ1) is 23.7. The zero-order chi connectivity index (χ0) is 38.4. The zero-order valence-corrected chi connectivity index (χ0v) is 30.7. The largest absolute Gasteiger partial charge is 0.507 e. The van der Waals surface area contributed by atoms with E-state index in [0.29, 0.717) is 16.7 Å². The molecule has 14 heteroatoms. The van der Waals surface area contributed by atoms with Gasteiger partial charge in [-0.1, -0.05) is 0 Å². The van der Waals surface area contributed by atoms with Crippen molar-refractivity contribution in [3.8, 4) is 28.7 Å². The summed E-state index contributed by atoms with van der Waals surface area (Å²) in [5.41, 5.74) is -1.22. The summed E-state index contributed by atoms with van der Waals surface area (Å²) in [7, 11) is 1.17. The number of benzene rings is 3. The molecular formula is C37H35BrO13. The quantitative estimate of drug-likeness (QED) is 0.157. The summed E-state index contributed by atoms with van der Waals surface area (Å²) in [4.78, 5) is 63.7. The molecule has 0 aliphatic heterocycles. The van der Waals surface area contributed by atoms with Crippen LogP contribution in [0.25, 0.3) is 0 Å². The Hall–Kier alpha value is -5.47. The molecule has 1 aliphatic carbocycles. The number of aromatic carboxylic acids is 1. The molecule has 0 radical (unpaired) electrons. The first kappa shape index (κ1) is 38.3. The van der Waals surface area contributed by atoms with Crippen LogP contribution in [0.5, 0.6) is 28.7 Å². The molecule has 4 rings (SSSR count). The molecule has 0 saturated heterocycles. The second-order valence-electron chi connectivity index (χ2n) is 12.1. The standard InChI is InChI=1S/C37H35BrO13/c1-14-10-23(17(4)18(5)26(14)33(42)43)49-34(44)27-15(2)11-24(21(8)30(27)40)50-35(45)28-19(6)20(7)32(29(38)31(28)41)51-36(46)37(47)16(3)12-22(39)13-25(37)48-9/h10-13,40-41,47H,1-9H3,(H,42,43)/t37-/m1/s1. The van der Waals surface area contributed by atoms with Crippen molar-refractivity contribution in [1.82, 2.24) is 0 Å². The van der Waals surface area contributed by atoms with Gasteiger partial charge in [-0.2, -0.15) is 0 Å². The van der Waals surface area contributed by atoms with Crippen molar-refractivity contribution < 1.29 is 63.3 Å². The van der Waals surface area contributed by atoms with E-state index in [-0.39, 0.29) is 72.0 Å². The summed E-state index contributed by atoms with van der Waals surface area (Å²) in [6.45, 7) is 11.9.